The number of carbonyl (C=O) groups excluding carboxylic acids is 2. The molecule has 2 heterocycles. The fourth-order valence-corrected chi connectivity index (χ4v) is 3.77. The third kappa shape index (κ3) is 5.66. The van der Waals surface area contributed by atoms with Gasteiger partial charge in [0, 0.05) is 24.8 Å². The summed E-state index contributed by atoms with van der Waals surface area (Å²) in [7, 11) is 0. The summed E-state index contributed by atoms with van der Waals surface area (Å²) in [5.74, 6) is -1.69. The third-order valence-electron chi connectivity index (χ3n) is 4.38. The van der Waals surface area contributed by atoms with Gasteiger partial charge in [0.2, 0.25) is 17.0 Å². The number of nitrogens with zero attached hydrogens (tertiary/aromatic N) is 3. The Bertz CT molecular complexity index is 1020. The number of aromatic amines is 1. The molecule has 3 rings (SSSR count). The molecule has 1 aromatic heterocycles. The maximum Gasteiger partial charge on any atom is 0.303 e. The summed E-state index contributed by atoms with van der Waals surface area (Å²) in [5.41, 5.74) is 0.962. The highest BCUT2D eigenvalue weighted by Gasteiger charge is 2.30. The lowest BCUT2D eigenvalue weighted by Gasteiger charge is -2.07. The first-order valence-corrected chi connectivity index (χ1v) is 10.3. The maximum absolute atomic E-state index is 12.0. The van der Waals surface area contributed by atoms with Gasteiger partial charge in [0.25, 0.3) is 5.91 Å². The van der Waals surface area contributed by atoms with Gasteiger partial charge in [0.15, 0.2) is 5.69 Å². The van der Waals surface area contributed by atoms with Gasteiger partial charge < -0.3 is 20.5 Å². The van der Waals surface area contributed by atoms with E-state index in [1.54, 1.807) is 18.2 Å². The van der Waals surface area contributed by atoms with Gasteiger partial charge in [-0.2, -0.15) is 4.99 Å². The Balaban J connectivity index is 1.47. The molecule has 11 heteroatoms. The number of fused-ring (bicyclic) bond motifs is 1. The number of benzene rings is 1. The average molecular weight is 431 g/mol. The van der Waals surface area contributed by atoms with Crippen LogP contribution in [0.25, 0.3) is 10.9 Å². The Morgan fingerprint density at radius 2 is 2.00 bits per heavy atom. The summed E-state index contributed by atoms with van der Waals surface area (Å²) in [6.07, 6.45) is 2.04. The summed E-state index contributed by atoms with van der Waals surface area (Å²) in [6.45, 7) is 0.428. The lowest BCUT2D eigenvalue weighted by Crippen LogP contribution is -2.29. The number of hydrogen-bond acceptors (Lipinski definition) is 7. The van der Waals surface area contributed by atoms with E-state index in [1.807, 2.05) is 6.07 Å². The SMILES string of the molecule is O=C(O)CCCCCNC(=O)C[C@H]1SC(N=Nc2c(O)[nH]c3ccccc23)=NC1=O. The fraction of sp³-hybridized carbons (Fsp3) is 0.368. The number of aliphatic imine (C=N–C) groups is 1. The second-order valence-corrected chi connectivity index (χ2v) is 7.84. The first-order chi connectivity index (χ1) is 14.4. The second-order valence-electron chi connectivity index (χ2n) is 6.67. The van der Waals surface area contributed by atoms with Crippen molar-refractivity contribution < 1.29 is 24.6 Å². The van der Waals surface area contributed by atoms with Crippen LogP contribution in [0.4, 0.5) is 5.69 Å². The first-order valence-electron chi connectivity index (χ1n) is 9.43. The van der Waals surface area contributed by atoms with Crippen molar-refractivity contribution in [1.82, 2.24) is 10.3 Å². The zero-order valence-electron chi connectivity index (χ0n) is 16.0. The Hall–Kier alpha value is -3.21. The van der Waals surface area contributed by atoms with Crippen molar-refractivity contribution in [2.45, 2.75) is 37.4 Å². The molecule has 0 fully saturated rings. The van der Waals surface area contributed by atoms with Crippen LogP contribution in [0.3, 0.4) is 0 Å². The highest BCUT2D eigenvalue weighted by atomic mass is 32.2. The van der Waals surface area contributed by atoms with E-state index in [0.29, 0.717) is 36.7 Å². The molecule has 0 spiro atoms. The average Bonchev–Trinajstić information content (AvgIpc) is 3.21. The number of nitrogens with one attached hydrogen (secondary N) is 2. The number of amidine groups is 1. The van der Waals surface area contributed by atoms with E-state index in [-0.39, 0.29) is 35.5 Å². The van der Waals surface area contributed by atoms with Crippen LogP contribution in [0.15, 0.2) is 39.5 Å². The highest BCUT2D eigenvalue weighted by Crippen LogP contribution is 2.36. The quantitative estimate of drug-likeness (QED) is 0.353. The molecule has 0 saturated heterocycles. The highest BCUT2D eigenvalue weighted by molar-refractivity contribution is 8.15. The number of H-pyrrole nitrogens is 1. The van der Waals surface area contributed by atoms with Crippen LogP contribution in [0.1, 0.15) is 32.1 Å². The molecule has 158 valence electrons. The van der Waals surface area contributed by atoms with Crippen molar-refractivity contribution in [3.05, 3.63) is 24.3 Å². The van der Waals surface area contributed by atoms with Crippen LogP contribution in [0, 0.1) is 0 Å². The van der Waals surface area contributed by atoms with Crippen LogP contribution in [0.2, 0.25) is 0 Å². The predicted octanol–water partition coefficient (Wildman–Crippen LogP) is 3.11. The second kappa shape index (κ2) is 10.0. The number of aromatic nitrogens is 1. The molecule has 1 atom stereocenters. The number of unbranched alkanes of at least 4 members (excludes halogenated alkanes) is 2. The predicted molar refractivity (Wildman–Crippen MR) is 112 cm³/mol. The van der Waals surface area contributed by atoms with Crippen LogP contribution in [0.5, 0.6) is 5.88 Å². The van der Waals surface area contributed by atoms with Gasteiger partial charge in [-0.05, 0) is 18.9 Å². The summed E-state index contributed by atoms with van der Waals surface area (Å²) < 4.78 is 0. The Kier molecular flexibility index (Phi) is 7.17. The molecular formula is C19H21N5O5S. The Labute approximate surface area is 175 Å². The molecule has 0 saturated carbocycles. The van der Waals surface area contributed by atoms with E-state index in [1.165, 1.54) is 0 Å². The molecule has 1 aliphatic heterocycles. The number of thioether (sulfide) groups is 1. The molecule has 1 aromatic carbocycles. The van der Waals surface area contributed by atoms with Gasteiger partial charge in [0.05, 0.1) is 5.52 Å². The van der Waals surface area contributed by atoms with Crippen molar-refractivity contribution in [2.75, 3.05) is 6.54 Å². The van der Waals surface area contributed by atoms with E-state index < -0.39 is 17.1 Å². The first kappa shape index (κ1) is 21.5. The number of carboxylic acids is 1. The zero-order valence-corrected chi connectivity index (χ0v) is 16.8. The summed E-state index contributed by atoms with van der Waals surface area (Å²) in [4.78, 5) is 41.1. The smallest absolute Gasteiger partial charge is 0.303 e. The van der Waals surface area contributed by atoms with E-state index in [0.717, 1.165) is 11.8 Å². The molecule has 2 amide bonds. The fourth-order valence-electron chi connectivity index (χ4n) is 2.90. The molecule has 0 aliphatic carbocycles. The van der Waals surface area contributed by atoms with Crippen molar-refractivity contribution in [2.24, 2.45) is 15.2 Å². The Morgan fingerprint density at radius 1 is 1.20 bits per heavy atom. The van der Waals surface area contributed by atoms with Crippen molar-refractivity contribution in [1.29, 1.82) is 0 Å². The normalized spacial score (nSPS) is 16.3. The van der Waals surface area contributed by atoms with Gasteiger partial charge in [-0.3, -0.25) is 14.4 Å². The van der Waals surface area contributed by atoms with Crippen LogP contribution in [-0.4, -0.2) is 49.9 Å². The Morgan fingerprint density at radius 3 is 2.80 bits per heavy atom. The largest absolute Gasteiger partial charge is 0.493 e. The molecule has 4 N–H and O–H groups in total. The van der Waals surface area contributed by atoms with Gasteiger partial charge in [-0.25, -0.2) is 0 Å². The van der Waals surface area contributed by atoms with E-state index in [4.69, 9.17) is 5.11 Å². The number of para-hydroxylation sites is 1. The maximum atomic E-state index is 12.0. The number of amides is 2. The lowest BCUT2D eigenvalue weighted by atomic mass is 10.2. The minimum atomic E-state index is -0.830. The minimum absolute atomic E-state index is 0.0283. The zero-order chi connectivity index (χ0) is 21.5. The number of hydrogen-bond donors (Lipinski definition) is 4. The molecule has 0 unspecified atom stereocenters. The van der Waals surface area contributed by atoms with E-state index in [2.05, 4.69) is 25.5 Å². The molecule has 2 aromatic rings. The molecule has 1 aliphatic rings. The van der Waals surface area contributed by atoms with Crippen LogP contribution >= 0.6 is 11.8 Å². The van der Waals surface area contributed by atoms with Gasteiger partial charge in [0.1, 0.15) is 5.25 Å². The summed E-state index contributed by atoms with van der Waals surface area (Å²) >= 11 is 1.05. The number of azo groups is 1. The topological polar surface area (TPSA) is 157 Å². The van der Waals surface area contributed by atoms with Gasteiger partial charge >= 0.3 is 5.97 Å². The van der Waals surface area contributed by atoms with Crippen LogP contribution < -0.4 is 5.32 Å². The minimum Gasteiger partial charge on any atom is -0.493 e. The van der Waals surface area contributed by atoms with Gasteiger partial charge in [-0.15, -0.1) is 10.2 Å². The van der Waals surface area contributed by atoms with Crippen molar-refractivity contribution >= 4 is 51.3 Å². The molecule has 0 radical (unpaired) electrons. The molecule has 30 heavy (non-hydrogen) atoms. The standard InChI is InChI=1S/C19H21N5O5S/c25-14(20-9-5-1-2-8-15(26)27)10-13-17(28)22-19(30-13)24-23-16-11-6-3-4-7-12(11)21-18(16)29/h3-4,6-7,13,21,29H,1-2,5,8-10H2,(H,20,25)(H,26,27)/t13-/m1/s1. The number of carboxylic acid groups (broad SMARTS) is 1. The number of carbonyl (C=O) groups is 3. The summed E-state index contributed by atoms with van der Waals surface area (Å²) in [5, 5.41) is 29.4. The molecular weight excluding hydrogens is 410 g/mol. The number of aliphatic carboxylic acids is 1. The van der Waals surface area contributed by atoms with Crippen molar-refractivity contribution in [3.8, 4) is 5.88 Å². The van der Waals surface area contributed by atoms with E-state index in [9.17, 15) is 19.5 Å². The third-order valence-corrected chi connectivity index (χ3v) is 5.42. The monoisotopic (exact) mass is 431 g/mol. The lowest BCUT2D eigenvalue weighted by molar-refractivity contribution is -0.137. The summed E-state index contributed by atoms with van der Waals surface area (Å²) in [6, 6.07) is 7.20. The number of aromatic hydroxyl groups is 1. The molecule has 10 nitrogen and oxygen atoms in total. The van der Waals surface area contributed by atoms with Gasteiger partial charge in [-0.1, -0.05) is 36.4 Å². The molecule has 0 bridgehead atoms. The number of rotatable bonds is 9. The van der Waals surface area contributed by atoms with Crippen molar-refractivity contribution in [3.63, 3.8) is 0 Å². The van der Waals surface area contributed by atoms with Crippen LogP contribution in [-0.2, 0) is 14.4 Å². The van der Waals surface area contributed by atoms with E-state index >= 15 is 0 Å².